The molecule has 1 saturated heterocycles. The fraction of sp³-hybridized carbons (Fsp3) is 1.00. The maximum atomic E-state index is 12.0. The molecule has 0 aromatic carbocycles. The molecular formula is C23H48O8P2. The van der Waals surface area contributed by atoms with Crippen molar-refractivity contribution in [1.82, 2.24) is 0 Å². The van der Waals surface area contributed by atoms with Crippen LogP contribution in [-0.2, 0) is 22.7 Å². The van der Waals surface area contributed by atoms with Crippen molar-refractivity contribution in [2.45, 2.75) is 135 Å². The van der Waals surface area contributed by atoms with Crippen molar-refractivity contribution in [2.24, 2.45) is 5.92 Å². The Morgan fingerprint density at radius 1 is 0.636 bits per heavy atom. The number of hydrogen-bond donors (Lipinski definition) is 3. The molecule has 0 amide bonds. The minimum Gasteiger partial charge on any atom is -0.352 e. The topological polar surface area (TPSA) is 123 Å². The van der Waals surface area contributed by atoms with E-state index in [4.69, 9.17) is 19.0 Å². The molecule has 0 spiro atoms. The van der Waals surface area contributed by atoms with Crippen molar-refractivity contribution in [3.05, 3.63) is 0 Å². The minimum atomic E-state index is -5.15. The lowest BCUT2D eigenvalue weighted by molar-refractivity contribution is -0.106. The van der Waals surface area contributed by atoms with Gasteiger partial charge in [-0.05, 0) is 25.2 Å². The molecule has 3 atom stereocenters. The fourth-order valence-corrected chi connectivity index (χ4v) is 5.97. The van der Waals surface area contributed by atoms with Gasteiger partial charge in [-0.3, -0.25) is 4.52 Å². The lowest BCUT2D eigenvalue weighted by Crippen LogP contribution is -2.20. The number of rotatable bonds is 4. The summed E-state index contributed by atoms with van der Waals surface area (Å²) in [6.45, 7) is 2.43. The van der Waals surface area contributed by atoms with Gasteiger partial charge >= 0.3 is 15.6 Å². The van der Waals surface area contributed by atoms with Crippen LogP contribution >= 0.6 is 15.6 Å². The fourth-order valence-electron chi connectivity index (χ4n) is 4.28. The van der Waals surface area contributed by atoms with Crippen molar-refractivity contribution in [3.8, 4) is 0 Å². The van der Waals surface area contributed by atoms with Gasteiger partial charge in [-0.15, -0.1) is 0 Å². The number of hydrogen-bond acceptors (Lipinski definition) is 5. The smallest absolute Gasteiger partial charge is 0.352 e. The van der Waals surface area contributed by atoms with Crippen LogP contribution < -0.4 is 0 Å². The summed E-state index contributed by atoms with van der Waals surface area (Å²) in [7, 11) is -10.1. The van der Waals surface area contributed by atoms with Crippen molar-refractivity contribution >= 4 is 15.6 Å². The van der Waals surface area contributed by atoms with E-state index in [0.717, 1.165) is 32.1 Å². The van der Waals surface area contributed by atoms with Crippen molar-refractivity contribution in [1.29, 1.82) is 0 Å². The third-order valence-electron chi connectivity index (χ3n) is 6.16. The quantitative estimate of drug-likeness (QED) is 0.328. The molecule has 0 aromatic rings. The maximum Gasteiger partial charge on any atom is 0.483 e. The first-order valence-corrected chi connectivity index (χ1v) is 16.1. The predicted molar refractivity (Wildman–Crippen MR) is 131 cm³/mol. The van der Waals surface area contributed by atoms with Crippen LogP contribution in [0.4, 0.5) is 0 Å². The third kappa shape index (κ3) is 20.1. The normalized spacial score (nSPS) is 27.4. The summed E-state index contributed by atoms with van der Waals surface area (Å²) in [5, 5.41) is 0. The molecule has 1 heterocycles. The van der Waals surface area contributed by atoms with E-state index >= 15 is 0 Å². The second-order valence-corrected chi connectivity index (χ2v) is 12.4. The molecule has 3 N–H and O–H groups in total. The summed E-state index contributed by atoms with van der Waals surface area (Å²) in [4.78, 5) is 27.4. The zero-order valence-electron chi connectivity index (χ0n) is 20.6. The zero-order chi connectivity index (χ0) is 24.4. The van der Waals surface area contributed by atoms with E-state index in [1.165, 1.54) is 83.5 Å². The van der Waals surface area contributed by atoms with Gasteiger partial charge < -0.3 is 19.4 Å². The van der Waals surface area contributed by atoms with E-state index in [1.54, 1.807) is 0 Å². The molecule has 1 rings (SSSR count). The van der Waals surface area contributed by atoms with Gasteiger partial charge in [-0.2, -0.15) is 4.31 Å². The molecule has 3 unspecified atom stereocenters. The Kier molecular flexibility index (Phi) is 17.5. The molecule has 10 heteroatoms. The Bertz CT molecular complexity index is 569. The van der Waals surface area contributed by atoms with Gasteiger partial charge in [-0.1, -0.05) is 110 Å². The van der Waals surface area contributed by atoms with Crippen molar-refractivity contribution < 1.29 is 37.4 Å². The molecular weight excluding hydrogens is 466 g/mol. The van der Waals surface area contributed by atoms with E-state index in [-0.39, 0.29) is 5.92 Å². The summed E-state index contributed by atoms with van der Waals surface area (Å²) < 4.78 is 37.6. The van der Waals surface area contributed by atoms with Crippen LogP contribution in [0.3, 0.4) is 0 Å². The molecule has 1 aliphatic rings. The highest BCUT2D eigenvalue weighted by Crippen LogP contribution is 2.58. The number of phosphoric ester groups is 1. The summed E-state index contributed by atoms with van der Waals surface area (Å²) in [6, 6.07) is 0. The van der Waals surface area contributed by atoms with Crippen molar-refractivity contribution in [2.75, 3.05) is 6.61 Å². The van der Waals surface area contributed by atoms with Gasteiger partial charge in [0.05, 0.1) is 6.61 Å². The Labute approximate surface area is 201 Å². The van der Waals surface area contributed by atoms with Gasteiger partial charge in [-0.25, -0.2) is 9.13 Å². The highest BCUT2D eigenvalue weighted by molar-refractivity contribution is 7.60. The predicted octanol–water partition coefficient (Wildman–Crippen LogP) is 7.62. The van der Waals surface area contributed by atoms with Crippen LogP contribution in [-0.4, -0.2) is 27.6 Å². The van der Waals surface area contributed by atoms with Gasteiger partial charge in [0.2, 0.25) is 0 Å². The monoisotopic (exact) mass is 514 g/mol. The first kappa shape index (κ1) is 31.3. The number of ether oxygens (including phenoxy) is 1. The Morgan fingerprint density at radius 2 is 1.00 bits per heavy atom. The number of phosphoric acid groups is 2. The van der Waals surface area contributed by atoms with Gasteiger partial charge in [0, 0.05) is 0 Å². The molecule has 8 nitrogen and oxygen atoms in total. The Hall–Kier alpha value is 0.220. The maximum absolute atomic E-state index is 12.0. The second-order valence-electron chi connectivity index (χ2n) is 9.60. The first-order chi connectivity index (χ1) is 15.7. The Balaban J connectivity index is 2.52. The average molecular weight is 515 g/mol. The lowest BCUT2D eigenvalue weighted by Gasteiger charge is -2.23. The van der Waals surface area contributed by atoms with Gasteiger partial charge in [0.1, 0.15) is 0 Å². The Morgan fingerprint density at radius 3 is 1.39 bits per heavy atom. The van der Waals surface area contributed by atoms with Gasteiger partial charge in [0.25, 0.3) is 0 Å². The molecule has 33 heavy (non-hydrogen) atoms. The summed E-state index contributed by atoms with van der Waals surface area (Å²) in [6.07, 6.45) is 21.1. The zero-order valence-corrected chi connectivity index (χ0v) is 22.4. The molecule has 0 aliphatic carbocycles. The highest BCUT2D eigenvalue weighted by Gasteiger charge is 2.35. The minimum absolute atomic E-state index is 0.262. The second kappa shape index (κ2) is 18.5. The van der Waals surface area contributed by atoms with Crippen LogP contribution in [0.25, 0.3) is 0 Å². The van der Waals surface area contributed by atoms with Crippen LogP contribution in [0.2, 0.25) is 0 Å². The average Bonchev–Trinajstić information content (AvgIpc) is 2.70. The van der Waals surface area contributed by atoms with E-state index in [1.807, 2.05) is 0 Å². The molecule has 0 saturated carbocycles. The van der Waals surface area contributed by atoms with Crippen LogP contribution in [0.15, 0.2) is 0 Å². The molecule has 0 bridgehead atoms. The van der Waals surface area contributed by atoms with Crippen LogP contribution in [0, 0.1) is 5.92 Å². The summed E-state index contributed by atoms with van der Waals surface area (Å²) in [5.74, 6) is 0.262. The summed E-state index contributed by atoms with van der Waals surface area (Å²) in [5.41, 5.74) is 0. The largest absolute Gasteiger partial charge is 0.483 e. The van der Waals surface area contributed by atoms with E-state index in [0.29, 0.717) is 13.0 Å². The third-order valence-corrected chi connectivity index (χ3v) is 8.34. The van der Waals surface area contributed by atoms with Gasteiger partial charge in [0.15, 0.2) is 6.29 Å². The molecule has 0 radical (unpaired) electrons. The summed E-state index contributed by atoms with van der Waals surface area (Å²) >= 11 is 0. The van der Waals surface area contributed by atoms with E-state index < -0.39 is 21.9 Å². The van der Waals surface area contributed by atoms with Crippen LogP contribution in [0.1, 0.15) is 129 Å². The molecule has 198 valence electrons. The van der Waals surface area contributed by atoms with Crippen molar-refractivity contribution in [3.63, 3.8) is 0 Å². The van der Waals surface area contributed by atoms with E-state index in [9.17, 15) is 14.0 Å². The standard InChI is InChI=1S/C23H48O8P2/c1-22-19-17-15-13-11-9-7-5-3-2-4-6-8-10-12-14-16-18-20-23(29-21-22)30-33(27,28)31-32(24,25)26/h22-23H,2-21H2,1H3,(H,27,28)(H2,24,25,26). The first-order valence-electron chi connectivity index (χ1n) is 13.1. The molecule has 1 fully saturated rings. The SMILES string of the molecule is CC1CCCCCCCCCCCCCCCCCCCC(OP(=O)(O)OP(=O)(O)O)OC1. The molecule has 1 aliphatic heterocycles. The van der Waals surface area contributed by atoms with E-state index in [2.05, 4.69) is 11.2 Å². The lowest BCUT2D eigenvalue weighted by atomic mass is 10.0. The highest BCUT2D eigenvalue weighted by atomic mass is 31.3. The molecule has 0 aromatic heterocycles. The van der Waals surface area contributed by atoms with Crippen LogP contribution in [0.5, 0.6) is 0 Å².